The lowest BCUT2D eigenvalue weighted by Gasteiger charge is -2.29. The Hall–Kier alpha value is -6.18. The first kappa shape index (κ1) is 29.9. The largest absolute Gasteiger partial charge is 0.310 e. The summed E-state index contributed by atoms with van der Waals surface area (Å²) in [5, 5.41) is 2.50. The third-order valence-electron chi connectivity index (χ3n) is 10.5. The van der Waals surface area contributed by atoms with Crippen molar-refractivity contribution in [2.24, 2.45) is 0 Å². The Kier molecular flexibility index (Phi) is 7.21. The van der Waals surface area contributed by atoms with Crippen molar-refractivity contribution >= 4 is 27.8 Å². The minimum atomic E-state index is -0.0973. The minimum absolute atomic E-state index is 0.0973. The van der Waals surface area contributed by atoms with E-state index in [0.717, 1.165) is 17.1 Å². The number of hydrogen-bond acceptors (Lipinski definition) is 1. The van der Waals surface area contributed by atoms with Gasteiger partial charge in [-0.15, -0.1) is 0 Å². The summed E-state index contributed by atoms with van der Waals surface area (Å²) in [4.78, 5) is 2.42. The van der Waals surface area contributed by atoms with Crippen LogP contribution in [0.3, 0.4) is 0 Å². The Labute approximate surface area is 294 Å². The van der Waals surface area contributed by atoms with Gasteiger partial charge in [0.25, 0.3) is 0 Å². The van der Waals surface area contributed by atoms with E-state index in [9.17, 15) is 0 Å². The van der Waals surface area contributed by atoms with Gasteiger partial charge >= 0.3 is 0 Å². The van der Waals surface area contributed by atoms with Crippen LogP contribution in [0.4, 0.5) is 17.1 Å². The van der Waals surface area contributed by atoms with Gasteiger partial charge in [-0.3, -0.25) is 0 Å². The Morgan fingerprint density at radius 1 is 0.320 bits per heavy atom. The lowest BCUT2D eigenvalue weighted by Crippen LogP contribution is -2.16. The van der Waals surface area contributed by atoms with Crippen LogP contribution in [-0.4, -0.2) is 0 Å². The van der Waals surface area contributed by atoms with E-state index in [1.807, 2.05) is 0 Å². The first-order valence-electron chi connectivity index (χ1n) is 17.4. The average Bonchev–Trinajstić information content (AvgIpc) is 3.41. The second kappa shape index (κ2) is 12.1. The molecule has 0 amide bonds. The van der Waals surface area contributed by atoms with Gasteiger partial charge in [-0.2, -0.15) is 0 Å². The SMILES string of the molecule is CC1(C)c2ccccc2-c2ccc(N(c3ccc(-c4ccccc4)cc3)c3ccc(-c4ccc5ccccc5c4)c(-c4ccccc4)c3)cc21. The van der Waals surface area contributed by atoms with Crippen LogP contribution in [0.25, 0.3) is 55.3 Å². The minimum Gasteiger partial charge on any atom is -0.310 e. The Balaban J connectivity index is 1.23. The van der Waals surface area contributed by atoms with Crippen molar-refractivity contribution in [2.75, 3.05) is 4.90 Å². The summed E-state index contributed by atoms with van der Waals surface area (Å²) >= 11 is 0. The van der Waals surface area contributed by atoms with E-state index in [1.165, 1.54) is 66.4 Å². The van der Waals surface area contributed by atoms with Crippen LogP contribution >= 0.6 is 0 Å². The van der Waals surface area contributed by atoms with Gasteiger partial charge in [-0.1, -0.05) is 159 Å². The highest BCUT2D eigenvalue weighted by molar-refractivity contribution is 5.94. The third-order valence-corrected chi connectivity index (χ3v) is 10.5. The van der Waals surface area contributed by atoms with Gasteiger partial charge < -0.3 is 4.90 Å². The van der Waals surface area contributed by atoms with Crippen molar-refractivity contribution < 1.29 is 0 Å². The Morgan fingerprint density at radius 2 is 0.860 bits per heavy atom. The van der Waals surface area contributed by atoms with E-state index in [0.29, 0.717) is 0 Å². The molecule has 0 fully saturated rings. The molecule has 9 rings (SSSR count). The molecule has 0 heterocycles. The number of hydrogen-bond donors (Lipinski definition) is 0. The lowest BCUT2D eigenvalue weighted by atomic mass is 9.82. The zero-order valence-electron chi connectivity index (χ0n) is 28.3. The van der Waals surface area contributed by atoms with Crippen molar-refractivity contribution in [3.63, 3.8) is 0 Å². The van der Waals surface area contributed by atoms with E-state index in [2.05, 4.69) is 207 Å². The maximum absolute atomic E-state index is 2.42. The van der Waals surface area contributed by atoms with E-state index in [-0.39, 0.29) is 5.41 Å². The second-order valence-electron chi connectivity index (χ2n) is 13.8. The standard InChI is InChI=1S/C49H37N/c1-49(2)47-20-12-11-19-44(47)45-30-28-42(33-48(45)49)50(40-25-23-36(24-26-40)34-13-5-3-6-14-34)41-27-29-43(46(32-41)37-16-7-4-8-17-37)39-22-21-35-15-9-10-18-38(35)31-39/h3-33H,1-2H3. The van der Waals surface area contributed by atoms with Gasteiger partial charge in [0, 0.05) is 22.5 Å². The number of nitrogens with zero attached hydrogens (tertiary/aromatic N) is 1. The molecule has 0 atom stereocenters. The number of rotatable bonds is 6. The average molecular weight is 640 g/mol. The summed E-state index contributed by atoms with van der Waals surface area (Å²) in [5.74, 6) is 0. The summed E-state index contributed by atoms with van der Waals surface area (Å²) in [6.07, 6.45) is 0. The van der Waals surface area contributed by atoms with Crippen LogP contribution in [0.1, 0.15) is 25.0 Å². The highest BCUT2D eigenvalue weighted by atomic mass is 15.1. The third kappa shape index (κ3) is 5.11. The lowest BCUT2D eigenvalue weighted by molar-refractivity contribution is 0.660. The van der Waals surface area contributed by atoms with Crippen LogP contribution in [0.2, 0.25) is 0 Å². The van der Waals surface area contributed by atoms with Crippen LogP contribution in [-0.2, 0) is 5.41 Å². The molecule has 50 heavy (non-hydrogen) atoms. The fourth-order valence-electron chi connectivity index (χ4n) is 7.85. The van der Waals surface area contributed by atoms with Gasteiger partial charge in [-0.25, -0.2) is 0 Å². The summed E-state index contributed by atoms with van der Waals surface area (Å²) in [5.41, 5.74) is 16.0. The molecule has 0 saturated heterocycles. The summed E-state index contributed by atoms with van der Waals surface area (Å²) in [7, 11) is 0. The highest BCUT2D eigenvalue weighted by Gasteiger charge is 2.35. The maximum Gasteiger partial charge on any atom is 0.0468 e. The molecule has 0 unspecified atom stereocenters. The number of benzene rings is 8. The quantitative estimate of drug-likeness (QED) is 0.175. The van der Waals surface area contributed by atoms with Crippen LogP contribution in [0.15, 0.2) is 188 Å². The van der Waals surface area contributed by atoms with Gasteiger partial charge in [-0.05, 0) is 109 Å². The highest BCUT2D eigenvalue weighted by Crippen LogP contribution is 2.51. The van der Waals surface area contributed by atoms with Gasteiger partial charge in [0.05, 0.1) is 0 Å². The molecule has 0 bridgehead atoms. The van der Waals surface area contributed by atoms with Crippen molar-refractivity contribution in [3.05, 3.63) is 199 Å². The Morgan fingerprint density at radius 3 is 1.62 bits per heavy atom. The van der Waals surface area contributed by atoms with E-state index < -0.39 is 0 Å². The number of fused-ring (bicyclic) bond motifs is 4. The zero-order valence-corrected chi connectivity index (χ0v) is 28.3. The summed E-state index contributed by atoms with van der Waals surface area (Å²) in [6.45, 7) is 4.71. The van der Waals surface area contributed by atoms with Gasteiger partial charge in [0.1, 0.15) is 0 Å². The predicted octanol–water partition coefficient (Wildman–Crippen LogP) is 13.6. The maximum atomic E-state index is 2.42. The molecule has 0 spiro atoms. The normalized spacial score (nSPS) is 12.8. The zero-order chi connectivity index (χ0) is 33.7. The van der Waals surface area contributed by atoms with Crippen molar-refractivity contribution in [3.8, 4) is 44.5 Å². The molecule has 0 radical (unpaired) electrons. The molecule has 8 aromatic rings. The van der Waals surface area contributed by atoms with E-state index in [1.54, 1.807) is 0 Å². The van der Waals surface area contributed by atoms with Crippen molar-refractivity contribution in [1.82, 2.24) is 0 Å². The fourth-order valence-corrected chi connectivity index (χ4v) is 7.85. The molecule has 8 aromatic carbocycles. The van der Waals surface area contributed by atoms with E-state index >= 15 is 0 Å². The van der Waals surface area contributed by atoms with E-state index in [4.69, 9.17) is 0 Å². The molecular formula is C49H37N. The Bertz CT molecular complexity index is 2490. The monoisotopic (exact) mass is 639 g/mol. The van der Waals surface area contributed by atoms with Crippen LogP contribution in [0, 0.1) is 0 Å². The molecule has 1 heteroatoms. The van der Waals surface area contributed by atoms with Crippen LogP contribution < -0.4 is 4.90 Å². The van der Waals surface area contributed by atoms with Gasteiger partial charge in [0.15, 0.2) is 0 Å². The summed E-state index contributed by atoms with van der Waals surface area (Å²) in [6, 6.07) is 68.7. The molecule has 0 aromatic heterocycles. The van der Waals surface area contributed by atoms with Crippen molar-refractivity contribution in [2.45, 2.75) is 19.3 Å². The molecule has 1 aliphatic carbocycles. The smallest absolute Gasteiger partial charge is 0.0468 e. The van der Waals surface area contributed by atoms with Gasteiger partial charge in [0.2, 0.25) is 0 Å². The number of anilines is 3. The molecule has 1 aliphatic rings. The topological polar surface area (TPSA) is 3.24 Å². The molecule has 1 nitrogen and oxygen atoms in total. The molecule has 0 N–H and O–H groups in total. The molecule has 238 valence electrons. The molecule has 0 saturated carbocycles. The summed E-state index contributed by atoms with van der Waals surface area (Å²) < 4.78 is 0. The first-order chi connectivity index (χ1) is 24.5. The fraction of sp³-hybridized carbons (Fsp3) is 0.0612. The second-order valence-corrected chi connectivity index (χ2v) is 13.8. The molecular weight excluding hydrogens is 603 g/mol. The van der Waals surface area contributed by atoms with Crippen LogP contribution in [0.5, 0.6) is 0 Å². The predicted molar refractivity (Wildman–Crippen MR) is 213 cm³/mol. The van der Waals surface area contributed by atoms with Crippen molar-refractivity contribution in [1.29, 1.82) is 0 Å². The first-order valence-corrected chi connectivity index (χ1v) is 17.4. The molecule has 0 aliphatic heterocycles.